The number of aromatic amines is 2. The highest BCUT2D eigenvalue weighted by Gasteiger charge is 2.35. The van der Waals surface area contributed by atoms with Crippen molar-refractivity contribution in [2.24, 2.45) is 11.7 Å². The lowest BCUT2D eigenvalue weighted by Gasteiger charge is -2.27. The number of carbonyl (C=O) groups excluding carboxylic acids is 1. The summed E-state index contributed by atoms with van der Waals surface area (Å²) in [6, 6.07) is 8.22. The number of hydrogen-bond donors (Lipinski definition) is 3. The minimum atomic E-state index is -0.486. The zero-order valence-electron chi connectivity index (χ0n) is 22.3. The molecule has 9 heteroatoms. The molecular weight excluding hydrogens is 490 g/mol. The highest BCUT2D eigenvalue weighted by atomic mass is 16.5. The highest BCUT2D eigenvalue weighted by molar-refractivity contribution is 5.91. The van der Waals surface area contributed by atoms with Crippen molar-refractivity contribution in [1.82, 2.24) is 29.4 Å². The van der Waals surface area contributed by atoms with Crippen LogP contribution in [-0.4, -0.2) is 47.9 Å². The van der Waals surface area contributed by atoms with E-state index in [-0.39, 0.29) is 17.9 Å². The van der Waals surface area contributed by atoms with E-state index >= 15 is 0 Å². The standard InChI is InChI=1S/C30H33N7O2/c1-17(2)28(31)30(38)36-9-3-4-25(36)29-33-14-23(35-29)18-6-8-24-20(10-18)11-26-21-7-5-19(22-13-32-15-34-22)12-27(21)39-16-37(24)26/h6,8,10-15,17,25,28H,3-5,7,9,16,31H2,1-2H3,(H,32,34)(H,33,35). The van der Waals surface area contributed by atoms with Crippen LogP contribution < -0.4 is 5.73 Å². The Morgan fingerprint density at radius 1 is 1.18 bits per heavy atom. The van der Waals surface area contributed by atoms with Gasteiger partial charge in [0, 0.05) is 23.1 Å². The van der Waals surface area contributed by atoms with Crippen LogP contribution in [0.1, 0.15) is 62.8 Å². The Labute approximate surface area is 226 Å². The lowest BCUT2D eigenvalue weighted by molar-refractivity contribution is -0.134. The van der Waals surface area contributed by atoms with Crippen molar-refractivity contribution in [1.29, 1.82) is 0 Å². The number of nitrogens with one attached hydrogen (secondary N) is 2. The summed E-state index contributed by atoms with van der Waals surface area (Å²) in [5.41, 5.74) is 14.1. The van der Waals surface area contributed by atoms with E-state index in [1.165, 1.54) is 22.2 Å². The van der Waals surface area contributed by atoms with E-state index in [4.69, 9.17) is 15.5 Å². The van der Waals surface area contributed by atoms with Gasteiger partial charge in [0.25, 0.3) is 0 Å². The van der Waals surface area contributed by atoms with Gasteiger partial charge in [0.15, 0.2) is 6.73 Å². The molecule has 4 N–H and O–H groups in total. The van der Waals surface area contributed by atoms with Crippen LogP contribution in [0, 0.1) is 5.92 Å². The Morgan fingerprint density at radius 2 is 2.08 bits per heavy atom. The normalized spacial score (nSPS) is 19.7. The number of ether oxygens (including phenoxy) is 1. The summed E-state index contributed by atoms with van der Waals surface area (Å²) in [6.45, 7) is 5.19. The maximum absolute atomic E-state index is 13.0. The maximum atomic E-state index is 13.0. The molecule has 0 radical (unpaired) electrons. The van der Waals surface area contributed by atoms with Crippen molar-refractivity contribution >= 4 is 28.0 Å². The molecule has 7 rings (SSSR count). The second-order valence-corrected chi connectivity index (χ2v) is 11.1. The van der Waals surface area contributed by atoms with Gasteiger partial charge < -0.3 is 29.9 Å². The summed E-state index contributed by atoms with van der Waals surface area (Å²) in [5, 5.41) is 1.17. The number of nitrogens with zero attached hydrogens (tertiary/aromatic N) is 4. The predicted octanol–water partition coefficient (Wildman–Crippen LogP) is 4.98. The molecule has 39 heavy (non-hydrogen) atoms. The number of imidazole rings is 2. The second kappa shape index (κ2) is 9.27. The lowest BCUT2D eigenvalue weighted by Crippen LogP contribution is -2.46. The van der Waals surface area contributed by atoms with E-state index in [9.17, 15) is 4.79 Å². The molecule has 1 saturated heterocycles. The van der Waals surface area contributed by atoms with Gasteiger partial charge in [-0.3, -0.25) is 4.79 Å². The third-order valence-corrected chi connectivity index (χ3v) is 8.41. The zero-order valence-corrected chi connectivity index (χ0v) is 22.3. The maximum Gasteiger partial charge on any atom is 0.240 e. The van der Waals surface area contributed by atoms with Crippen molar-refractivity contribution in [3.05, 3.63) is 72.0 Å². The van der Waals surface area contributed by atoms with Gasteiger partial charge in [-0.05, 0) is 61.4 Å². The molecule has 0 bridgehead atoms. The Bertz CT molecular complexity index is 1620. The van der Waals surface area contributed by atoms with Gasteiger partial charge in [0.2, 0.25) is 5.91 Å². The van der Waals surface area contributed by atoms with Gasteiger partial charge in [0.1, 0.15) is 11.6 Å². The van der Waals surface area contributed by atoms with Crippen LogP contribution in [0.4, 0.5) is 0 Å². The predicted molar refractivity (Wildman–Crippen MR) is 150 cm³/mol. The van der Waals surface area contributed by atoms with E-state index in [2.05, 4.69) is 49.9 Å². The molecule has 5 heterocycles. The Morgan fingerprint density at radius 3 is 2.90 bits per heavy atom. The quantitative estimate of drug-likeness (QED) is 0.341. The molecule has 4 aromatic rings. The third kappa shape index (κ3) is 3.99. The molecular formula is C30H33N7O2. The number of rotatable bonds is 5. The fourth-order valence-electron chi connectivity index (χ4n) is 6.13. The Hall–Kier alpha value is -4.11. The number of H-pyrrole nitrogens is 2. The number of amides is 1. The van der Waals surface area contributed by atoms with Gasteiger partial charge in [-0.1, -0.05) is 19.9 Å². The van der Waals surface area contributed by atoms with E-state index in [0.29, 0.717) is 6.73 Å². The fraction of sp³-hybridized carbons (Fsp3) is 0.367. The van der Waals surface area contributed by atoms with Crippen molar-refractivity contribution < 1.29 is 9.53 Å². The van der Waals surface area contributed by atoms with Crippen LogP contribution in [0.3, 0.4) is 0 Å². The van der Waals surface area contributed by atoms with Crippen LogP contribution in [0.5, 0.6) is 0 Å². The van der Waals surface area contributed by atoms with Crippen molar-refractivity contribution in [3.63, 3.8) is 0 Å². The van der Waals surface area contributed by atoms with Crippen LogP contribution in [0.2, 0.25) is 0 Å². The SMILES string of the molecule is CC(C)C(N)C(=O)N1CCCC1c1ncc(-c2ccc3c(c2)cc2n3COC3=C2CCC(c2cnc[nH]2)=C3)[nH]1. The largest absolute Gasteiger partial charge is 0.472 e. The van der Waals surface area contributed by atoms with Gasteiger partial charge in [0.05, 0.1) is 53.4 Å². The monoisotopic (exact) mass is 523 g/mol. The first-order chi connectivity index (χ1) is 19.0. The summed E-state index contributed by atoms with van der Waals surface area (Å²) in [4.78, 5) is 30.5. The minimum Gasteiger partial charge on any atom is -0.472 e. The molecule has 0 spiro atoms. The van der Waals surface area contributed by atoms with Crippen LogP contribution in [0.25, 0.3) is 33.3 Å². The zero-order chi connectivity index (χ0) is 26.7. The highest BCUT2D eigenvalue weighted by Crippen LogP contribution is 2.41. The first-order valence-corrected chi connectivity index (χ1v) is 13.8. The van der Waals surface area contributed by atoms with E-state index in [1.54, 1.807) is 6.33 Å². The molecule has 1 aromatic carbocycles. The van der Waals surface area contributed by atoms with Crippen molar-refractivity contribution in [3.8, 4) is 11.3 Å². The fourth-order valence-corrected chi connectivity index (χ4v) is 6.13. The average Bonchev–Trinajstić information content (AvgIpc) is 3.77. The number of hydrogen-bond acceptors (Lipinski definition) is 5. The molecule has 9 nitrogen and oxygen atoms in total. The molecule has 200 valence electrons. The smallest absolute Gasteiger partial charge is 0.240 e. The average molecular weight is 524 g/mol. The van der Waals surface area contributed by atoms with Crippen LogP contribution >= 0.6 is 0 Å². The number of allylic oxidation sites excluding steroid dienone is 3. The molecule has 1 aliphatic carbocycles. The molecule has 0 saturated carbocycles. The van der Waals surface area contributed by atoms with Gasteiger partial charge in [-0.2, -0.15) is 0 Å². The number of aromatic nitrogens is 5. The van der Waals surface area contributed by atoms with Crippen LogP contribution in [0.15, 0.2) is 54.8 Å². The Kier molecular flexibility index (Phi) is 5.70. The van der Waals surface area contributed by atoms with Crippen LogP contribution in [-0.2, 0) is 16.3 Å². The first-order valence-electron chi connectivity index (χ1n) is 13.8. The first kappa shape index (κ1) is 24.0. The number of nitrogens with two attached hydrogens (primary N) is 1. The Balaban J connectivity index is 1.18. The number of fused-ring (bicyclic) bond motifs is 4. The summed E-state index contributed by atoms with van der Waals surface area (Å²) in [6.07, 6.45) is 11.3. The van der Waals surface area contributed by atoms with E-state index in [1.807, 2.05) is 31.1 Å². The summed E-state index contributed by atoms with van der Waals surface area (Å²) >= 11 is 0. The molecule has 2 aliphatic heterocycles. The molecule has 1 fully saturated rings. The lowest BCUT2D eigenvalue weighted by atomic mass is 9.93. The summed E-state index contributed by atoms with van der Waals surface area (Å²) < 4.78 is 8.47. The molecule has 3 aromatic heterocycles. The van der Waals surface area contributed by atoms with E-state index < -0.39 is 6.04 Å². The second-order valence-electron chi connectivity index (χ2n) is 11.1. The molecule has 2 unspecified atom stereocenters. The number of benzene rings is 1. The molecule has 3 aliphatic rings. The van der Waals surface area contributed by atoms with Crippen molar-refractivity contribution in [2.75, 3.05) is 6.54 Å². The third-order valence-electron chi connectivity index (χ3n) is 8.41. The van der Waals surface area contributed by atoms with Gasteiger partial charge >= 0.3 is 0 Å². The summed E-state index contributed by atoms with van der Waals surface area (Å²) in [5.74, 6) is 1.89. The molecule has 1 amide bonds. The minimum absolute atomic E-state index is 0.0106. The molecule has 2 atom stereocenters. The van der Waals surface area contributed by atoms with E-state index in [0.717, 1.165) is 66.3 Å². The van der Waals surface area contributed by atoms with Gasteiger partial charge in [-0.25, -0.2) is 9.97 Å². The number of carbonyl (C=O) groups is 1. The van der Waals surface area contributed by atoms with Crippen molar-refractivity contribution in [2.45, 2.75) is 58.3 Å². The topological polar surface area (TPSA) is 118 Å². The van der Waals surface area contributed by atoms with Gasteiger partial charge in [-0.15, -0.1) is 0 Å². The number of likely N-dealkylation sites (tertiary alicyclic amines) is 1. The summed E-state index contributed by atoms with van der Waals surface area (Å²) in [7, 11) is 0.